The largest absolute Gasteiger partial charge is 0.306 e. The fourth-order valence-electron chi connectivity index (χ4n) is 2.51. The minimum absolute atomic E-state index is 0.0628. The van der Waals surface area contributed by atoms with E-state index in [1.807, 2.05) is 0 Å². The van der Waals surface area contributed by atoms with Gasteiger partial charge in [0.25, 0.3) is 11.6 Å². The molecule has 1 fully saturated rings. The Labute approximate surface area is 139 Å². The van der Waals surface area contributed by atoms with E-state index < -0.39 is 4.92 Å². The van der Waals surface area contributed by atoms with Gasteiger partial charge in [-0.3, -0.25) is 14.9 Å². The van der Waals surface area contributed by atoms with Gasteiger partial charge in [-0.05, 0) is 18.9 Å². The summed E-state index contributed by atoms with van der Waals surface area (Å²) in [6.45, 7) is 0.211. The molecule has 0 aliphatic heterocycles. The van der Waals surface area contributed by atoms with Crippen molar-refractivity contribution < 1.29 is 9.72 Å². The first-order chi connectivity index (χ1) is 11.1. The molecular weight excluding hydrogens is 320 g/mol. The predicted molar refractivity (Wildman–Crippen MR) is 88.7 cm³/mol. The quantitative estimate of drug-likeness (QED) is 0.473. The van der Waals surface area contributed by atoms with Crippen LogP contribution in [-0.4, -0.2) is 29.6 Å². The fraction of sp³-hybridized carbons (Fsp3) is 0.467. The van der Waals surface area contributed by atoms with E-state index in [0.717, 1.165) is 12.8 Å². The standard InChI is InChI=1S/C15H19ClN4O3/c16-13-7-6-11(8-14(13)20(22)23)9-18-19-15(21)10-17-12-4-2-1-3-5-12/h6-9,12,17H,1-5,10H2,(H,19,21)/b18-9-. The van der Waals surface area contributed by atoms with Crippen molar-refractivity contribution in [2.24, 2.45) is 5.10 Å². The lowest BCUT2D eigenvalue weighted by Crippen LogP contribution is -2.38. The van der Waals surface area contributed by atoms with Crippen LogP contribution in [0.2, 0.25) is 5.02 Å². The van der Waals surface area contributed by atoms with Gasteiger partial charge < -0.3 is 5.32 Å². The number of halogens is 1. The molecule has 0 unspecified atom stereocenters. The van der Waals surface area contributed by atoms with Crippen molar-refractivity contribution in [2.45, 2.75) is 38.1 Å². The lowest BCUT2D eigenvalue weighted by molar-refractivity contribution is -0.384. The van der Waals surface area contributed by atoms with E-state index in [0.29, 0.717) is 11.6 Å². The summed E-state index contributed by atoms with van der Waals surface area (Å²) in [6.07, 6.45) is 7.22. The SMILES string of the molecule is O=C(CNC1CCCCC1)N/N=C\c1ccc(Cl)c([N+](=O)[O-])c1. The Morgan fingerprint density at radius 2 is 2.13 bits per heavy atom. The van der Waals surface area contributed by atoms with Gasteiger partial charge in [-0.25, -0.2) is 5.43 Å². The van der Waals surface area contributed by atoms with Crippen molar-refractivity contribution in [3.8, 4) is 0 Å². The highest BCUT2D eigenvalue weighted by Gasteiger charge is 2.14. The van der Waals surface area contributed by atoms with Crippen molar-refractivity contribution in [1.29, 1.82) is 0 Å². The van der Waals surface area contributed by atoms with Crippen LogP contribution < -0.4 is 10.7 Å². The summed E-state index contributed by atoms with van der Waals surface area (Å²) in [5.41, 5.74) is 2.69. The number of hydrogen-bond acceptors (Lipinski definition) is 5. The van der Waals surface area contributed by atoms with Crippen LogP contribution in [0.4, 0.5) is 5.69 Å². The van der Waals surface area contributed by atoms with Crippen molar-refractivity contribution in [1.82, 2.24) is 10.7 Å². The van der Waals surface area contributed by atoms with Gasteiger partial charge in [-0.15, -0.1) is 0 Å². The van der Waals surface area contributed by atoms with Gasteiger partial charge in [0.1, 0.15) is 5.02 Å². The molecule has 124 valence electrons. The molecule has 0 atom stereocenters. The Morgan fingerprint density at radius 1 is 1.39 bits per heavy atom. The number of carbonyl (C=O) groups excluding carboxylic acids is 1. The minimum Gasteiger partial charge on any atom is -0.306 e. The van der Waals surface area contributed by atoms with Gasteiger partial charge in [-0.2, -0.15) is 5.10 Å². The zero-order valence-corrected chi connectivity index (χ0v) is 13.4. The summed E-state index contributed by atoms with van der Waals surface area (Å²) in [4.78, 5) is 21.9. The van der Waals surface area contributed by atoms with Gasteiger partial charge in [0.2, 0.25) is 0 Å². The van der Waals surface area contributed by atoms with Crippen LogP contribution in [0.3, 0.4) is 0 Å². The lowest BCUT2D eigenvalue weighted by Gasteiger charge is -2.22. The third kappa shape index (κ3) is 5.61. The molecule has 1 aliphatic carbocycles. The maximum absolute atomic E-state index is 11.7. The average molecular weight is 339 g/mol. The molecule has 0 bridgehead atoms. The molecule has 1 aliphatic rings. The highest BCUT2D eigenvalue weighted by molar-refractivity contribution is 6.32. The molecule has 1 aromatic rings. The molecule has 0 radical (unpaired) electrons. The number of hydrazone groups is 1. The number of nitro groups is 1. The van der Waals surface area contributed by atoms with Crippen LogP contribution in [0.1, 0.15) is 37.7 Å². The summed E-state index contributed by atoms with van der Waals surface area (Å²) in [6, 6.07) is 4.72. The number of carbonyl (C=O) groups is 1. The van der Waals surface area contributed by atoms with Crippen molar-refractivity contribution in [3.05, 3.63) is 38.9 Å². The Balaban J connectivity index is 1.80. The van der Waals surface area contributed by atoms with E-state index in [1.54, 1.807) is 6.07 Å². The average Bonchev–Trinajstić information content (AvgIpc) is 2.55. The Morgan fingerprint density at radius 3 is 2.83 bits per heavy atom. The smallest absolute Gasteiger partial charge is 0.288 e. The van der Waals surface area contributed by atoms with Gasteiger partial charge in [-0.1, -0.05) is 36.9 Å². The molecule has 2 N–H and O–H groups in total. The molecule has 1 amide bonds. The lowest BCUT2D eigenvalue weighted by atomic mass is 9.95. The summed E-state index contributed by atoms with van der Waals surface area (Å²) in [7, 11) is 0. The minimum atomic E-state index is -0.563. The molecule has 1 saturated carbocycles. The van der Waals surface area contributed by atoms with E-state index in [4.69, 9.17) is 11.6 Å². The molecule has 23 heavy (non-hydrogen) atoms. The van der Waals surface area contributed by atoms with Crippen LogP contribution in [0.25, 0.3) is 0 Å². The first-order valence-corrected chi connectivity index (χ1v) is 7.93. The highest BCUT2D eigenvalue weighted by Crippen LogP contribution is 2.24. The third-order valence-corrected chi connectivity index (χ3v) is 4.05. The van der Waals surface area contributed by atoms with Crippen LogP contribution >= 0.6 is 11.6 Å². The number of amides is 1. The molecule has 2 rings (SSSR count). The molecule has 0 saturated heterocycles. The van der Waals surface area contributed by atoms with Gasteiger partial charge in [0.15, 0.2) is 0 Å². The molecule has 7 nitrogen and oxygen atoms in total. The second-order valence-corrected chi connectivity index (χ2v) is 5.88. The second-order valence-electron chi connectivity index (χ2n) is 5.48. The first-order valence-electron chi connectivity index (χ1n) is 7.55. The van der Waals surface area contributed by atoms with Crippen LogP contribution in [-0.2, 0) is 4.79 Å². The number of nitro benzene ring substituents is 1. The molecule has 0 spiro atoms. The van der Waals surface area contributed by atoms with Gasteiger partial charge >= 0.3 is 0 Å². The Kier molecular flexibility index (Phi) is 6.49. The number of nitrogens with one attached hydrogen (secondary N) is 2. The van der Waals surface area contributed by atoms with E-state index in [2.05, 4.69) is 15.8 Å². The van der Waals surface area contributed by atoms with Crippen molar-refractivity contribution >= 4 is 29.4 Å². The van der Waals surface area contributed by atoms with Crippen LogP contribution in [0.15, 0.2) is 23.3 Å². The Bertz CT molecular complexity index is 600. The highest BCUT2D eigenvalue weighted by atomic mass is 35.5. The Hall–Kier alpha value is -1.99. The van der Waals surface area contributed by atoms with E-state index >= 15 is 0 Å². The van der Waals surface area contributed by atoms with E-state index in [-0.39, 0.29) is 23.2 Å². The van der Waals surface area contributed by atoms with Crippen molar-refractivity contribution in [3.63, 3.8) is 0 Å². The number of hydrogen-bond donors (Lipinski definition) is 2. The first kappa shape index (κ1) is 17.4. The van der Waals surface area contributed by atoms with E-state index in [9.17, 15) is 14.9 Å². The van der Waals surface area contributed by atoms with Crippen LogP contribution in [0, 0.1) is 10.1 Å². The molecule has 1 aromatic carbocycles. The third-order valence-electron chi connectivity index (χ3n) is 3.73. The monoisotopic (exact) mass is 338 g/mol. The van der Waals surface area contributed by atoms with Gasteiger partial charge in [0, 0.05) is 17.7 Å². The number of benzene rings is 1. The normalized spacial score (nSPS) is 15.7. The summed E-state index contributed by atoms with van der Waals surface area (Å²) < 4.78 is 0. The topological polar surface area (TPSA) is 96.6 Å². The summed E-state index contributed by atoms with van der Waals surface area (Å²) >= 11 is 5.73. The molecule has 0 aromatic heterocycles. The predicted octanol–water partition coefficient (Wildman–Crippen LogP) is 2.62. The molecule has 8 heteroatoms. The number of nitrogens with zero attached hydrogens (tertiary/aromatic N) is 2. The van der Waals surface area contributed by atoms with Crippen LogP contribution in [0.5, 0.6) is 0 Å². The molecular formula is C15H19ClN4O3. The van der Waals surface area contributed by atoms with Gasteiger partial charge in [0.05, 0.1) is 17.7 Å². The summed E-state index contributed by atoms with van der Waals surface area (Å²) in [5.74, 6) is -0.240. The zero-order chi connectivity index (χ0) is 16.7. The maximum Gasteiger partial charge on any atom is 0.288 e. The second kappa shape index (κ2) is 8.59. The fourth-order valence-corrected chi connectivity index (χ4v) is 2.70. The van der Waals surface area contributed by atoms with Crippen molar-refractivity contribution in [2.75, 3.05) is 6.54 Å². The maximum atomic E-state index is 11.7. The zero-order valence-electron chi connectivity index (χ0n) is 12.6. The summed E-state index contributed by atoms with van der Waals surface area (Å²) in [5, 5.41) is 17.9. The van der Waals surface area contributed by atoms with E-state index in [1.165, 1.54) is 37.6 Å². The number of rotatable bonds is 6. The molecule has 0 heterocycles.